The fourth-order valence-corrected chi connectivity index (χ4v) is 4.09. The van der Waals surface area contributed by atoms with Gasteiger partial charge in [-0.1, -0.05) is 6.92 Å². The van der Waals surface area contributed by atoms with Crippen LogP contribution in [0.25, 0.3) is 0 Å². The molecule has 0 aliphatic carbocycles. The van der Waals surface area contributed by atoms with Gasteiger partial charge in [0.25, 0.3) is 11.8 Å². The lowest BCUT2D eigenvalue weighted by molar-refractivity contribution is -0.197. The lowest BCUT2D eigenvalue weighted by atomic mass is 9.79. The van der Waals surface area contributed by atoms with Crippen LogP contribution in [0.15, 0.2) is 37.3 Å². The van der Waals surface area contributed by atoms with Crippen molar-refractivity contribution in [1.82, 2.24) is 29.8 Å². The SMILES string of the molecule is C[C@@H](c1ncncc1F)[C@](O)(Cn1cncn1)c1cc(NC(=O)CCC(=O)ON2C(=O)CCC2=O)c(F)cc1F. The molecule has 0 bridgehead atoms. The summed E-state index contributed by atoms with van der Waals surface area (Å²) in [7, 11) is 0. The highest BCUT2D eigenvalue weighted by Gasteiger charge is 2.42. The molecule has 40 heavy (non-hydrogen) atoms. The average molecular weight is 561 g/mol. The summed E-state index contributed by atoms with van der Waals surface area (Å²) in [6.07, 6.45) is 2.95. The van der Waals surface area contributed by atoms with Crippen molar-refractivity contribution < 1.29 is 42.3 Å². The smallest absolute Gasteiger partial charge is 0.333 e. The number of carbonyl (C=O) groups excluding carboxylic acids is 4. The monoisotopic (exact) mass is 561 g/mol. The van der Waals surface area contributed by atoms with Crippen molar-refractivity contribution in [3.05, 3.63) is 66.0 Å². The summed E-state index contributed by atoms with van der Waals surface area (Å²) in [4.78, 5) is 63.4. The number of halogens is 3. The third kappa shape index (κ3) is 5.96. The van der Waals surface area contributed by atoms with Crippen LogP contribution in [0, 0.1) is 17.5 Å². The summed E-state index contributed by atoms with van der Waals surface area (Å²) in [6.45, 7) is 0.901. The van der Waals surface area contributed by atoms with Crippen molar-refractivity contribution >= 4 is 29.4 Å². The molecule has 13 nitrogen and oxygen atoms in total. The molecule has 0 spiro atoms. The molecule has 2 aromatic heterocycles. The predicted octanol–water partition coefficient (Wildman–Crippen LogP) is 1.50. The highest BCUT2D eigenvalue weighted by Crippen LogP contribution is 2.41. The molecule has 2 N–H and O–H groups in total. The Labute approximate surface area is 223 Å². The third-order valence-electron chi connectivity index (χ3n) is 6.24. The van der Waals surface area contributed by atoms with Gasteiger partial charge in [0.05, 0.1) is 30.5 Å². The van der Waals surface area contributed by atoms with Gasteiger partial charge in [0.15, 0.2) is 5.82 Å². The number of anilines is 1. The van der Waals surface area contributed by atoms with Crippen molar-refractivity contribution in [3.8, 4) is 0 Å². The molecule has 1 aromatic carbocycles. The van der Waals surface area contributed by atoms with Crippen LogP contribution in [-0.4, -0.2) is 58.6 Å². The number of nitrogens with one attached hydrogen (secondary N) is 1. The number of hydrogen-bond donors (Lipinski definition) is 2. The number of aliphatic hydroxyl groups is 1. The van der Waals surface area contributed by atoms with E-state index in [1.807, 2.05) is 0 Å². The second kappa shape index (κ2) is 11.6. The molecular formula is C24H22F3N7O6. The van der Waals surface area contributed by atoms with Crippen LogP contribution in [0.2, 0.25) is 0 Å². The van der Waals surface area contributed by atoms with Gasteiger partial charge in [-0.2, -0.15) is 5.10 Å². The average Bonchev–Trinajstić information content (AvgIpc) is 3.54. The number of amides is 3. The minimum atomic E-state index is -2.29. The van der Waals surface area contributed by atoms with Gasteiger partial charge in [-0.3, -0.25) is 14.4 Å². The Kier molecular flexibility index (Phi) is 8.18. The molecule has 0 unspecified atom stereocenters. The molecule has 3 aromatic rings. The fourth-order valence-electron chi connectivity index (χ4n) is 4.09. The van der Waals surface area contributed by atoms with E-state index in [9.17, 15) is 33.1 Å². The quantitative estimate of drug-likeness (QED) is 0.346. The van der Waals surface area contributed by atoms with Gasteiger partial charge in [0.1, 0.15) is 36.2 Å². The van der Waals surface area contributed by atoms with Gasteiger partial charge in [0, 0.05) is 36.8 Å². The number of rotatable bonds is 10. The number of hydroxylamine groups is 2. The third-order valence-corrected chi connectivity index (χ3v) is 6.24. The van der Waals surface area contributed by atoms with E-state index in [0.29, 0.717) is 11.1 Å². The molecule has 210 valence electrons. The minimum Gasteiger partial charge on any atom is -0.382 e. The first-order valence-electron chi connectivity index (χ1n) is 11.9. The molecule has 3 heterocycles. The minimum absolute atomic E-state index is 0.107. The lowest BCUT2D eigenvalue weighted by Gasteiger charge is -2.34. The van der Waals surface area contributed by atoms with Gasteiger partial charge < -0.3 is 15.3 Å². The summed E-state index contributed by atoms with van der Waals surface area (Å²) in [5.74, 6) is -7.88. The topological polar surface area (TPSA) is 169 Å². The molecule has 16 heteroatoms. The van der Waals surface area contributed by atoms with E-state index < -0.39 is 83.3 Å². The molecule has 1 aliphatic heterocycles. The number of aromatic nitrogens is 5. The largest absolute Gasteiger partial charge is 0.382 e. The molecule has 3 amide bonds. The first-order chi connectivity index (χ1) is 19.0. The molecule has 1 saturated heterocycles. The Morgan fingerprint density at radius 3 is 2.45 bits per heavy atom. The number of carbonyl (C=O) groups is 4. The van der Waals surface area contributed by atoms with Crippen LogP contribution in [0.4, 0.5) is 18.9 Å². The van der Waals surface area contributed by atoms with Crippen molar-refractivity contribution in [3.63, 3.8) is 0 Å². The second-order valence-electron chi connectivity index (χ2n) is 8.90. The van der Waals surface area contributed by atoms with E-state index in [0.717, 1.165) is 29.6 Å². The summed E-state index contributed by atoms with van der Waals surface area (Å²) >= 11 is 0. The van der Waals surface area contributed by atoms with Crippen LogP contribution in [0.1, 0.15) is 49.8 Å². The predicted molar refractivity (Wildman–Crippen MR) is 126 cm³/mol. The van der Waals surface area contributed by atoms with Crippen LogP contribution >= 0.6 is 0 Å². The number of nitrogens with zero attached hydrogens (tertiary/aromatic N) is 6. The van der Waals surface area contributed by atoms with E-state index in [2.05, 4.69) is 30.2 Å². The normalized spacial score (nSPS) is 15.6. The number of benzene rings is 1. The molecule has 2 atom stereocenters. The number of imide groups is 1. The zero-order valence-corrected chi connectivity index (χ0v) is 20.9. The number of hydrogen-bond acceptors (Lipinski definition) is 10. The zero-order valence-electron chi connectivity index (χ0n) is 20.9. The Morgan fingerprint density at radius 1 is 1.07 bits per heavy atom. The Hall–Kier alpha value is -4.73. The molecule has 0 saturated carbocycles. The van der Waals surface area contributed by atoms with Crippen LogP contribution in [-0.2, 0) is 36.2 Å². The van der Waals surface area contributed by atoms with E-state index in [-0.39, 0.29) is 18.5 Å². The molecule has 0 radical (unpaired) electrons. The lowest BCUT2D eigenvalue weighted by Crippen LogP contribution is -2.39. The standard InChI is InChI=1S/C24H22F3N7O6/c1-13(23-17(27)8-28-10-30-23)24(39,9-33-12-29-11-31-33)14-6-18(16(26)7-15(14)25)32-19(35)2-5-22(38)40-34-20(36)3-4-21(34)37/h6-8,10-13,39H,2-5,9H2,1H3,(H,32,35)/t13-,24+/m0/s1. The van der Waals surface area contributed by atoms with Crippen molar-refractivity contribution in [1.29, 1.82) is 0 Å². The highest BCUT2D eigenvalue weighted by atomic mass is 19.1. The maximum Gasteiger partial charge on any atom is 0.333 e. The van der Waals surface area contributed by atoms with Gasteiger partial charge in [-0.05, 0) is 6.07 Å². The van der Waals surface area contributed by atoms with Gasteiger partial charge in [-0.25, -0.2) is 37.6 Å². The zero-order chi connectivity index (χ0) is 29.0. The van der Waals surface area contributed by atoms with Crippen LogP contribution < -0.4 is 5.32 Å². The van der Waals surface area contributed by atoms with Gasteiger partial charge in [0.2, 0.25) is 5.91 Å². The summed E-state index contributed by atoms with van der Waals surface area (Å²) in [5, 5.41) is 18.2. The molecule has 4 rings (SSSR count). The van der Waals surface area contributed by atoms with E-state index in [4.69, 9.17) is 0 Å². The maximum absolute atomic E-state index is 15.2. The van der Waals surface area contributed by atoms with Gasteiger partial charge >= 0.3 is 5.97 Å². The molecular weight excluding hydrogens is 539 g/mol. The van der Waals surface area contributed by atoms with Crippen molar-refractivity contribution in [2.75, 3.05) is 5.32 Å². The first kappa shape index (κ1) is 28.3. The maximum atomic E-state index is 15.2. The first-order valence-corrected chi connectivity index (χ1v) is 11.9. The van der Waals surface area contributed by atoms with Crippen molar-refractivity contribution in [2.24, 2.45) is 0 Å². The van der Waals surface area contributed by atoms with E-state index in [1.54, 1.807) is 0 Å². The summed E-state index contributed by atoms with van der Waals surface area (Å²) in [6, 6.07) is 1.27. The highest BCUT2D eigenvalue weighted by molar-refractivity contribution is 6.01. The van der Waals surface area contributed by atoms with Crippen LogP contribution in [0.5, 0.6) is 0 Å². The molecule has 1 aliphatic rings. The van der Waals surface area contributed by atoms with Crippen molar-refractivity contribution in [2.45, 2.75) is 50.7 Å². The van der Waals surface area contributed by atoms with Gasteiger partial charge in [-0.15, -0.1) is 5.06 Å². The Morgan fingerprint density at radius 2 is 1.80 bits per heavy atom. The fraction of sp³-hybridized carbons (Fsp3) is 0.333. The Balaban J connectivity index is 1.56. The second-order valence-corrected chi connectivity index (χ2v) is 8.90. The summed E-state index contributed by atoms with van der Waals surface area (Å²) < 4.78 is 45.5. The summed E-state index contributed by atoms with van der Waals surface area (Å²) in [5.41, 5.74) is -3.62. The molecule has 1 fully saturated rings. The van der Waals surface area contributed by atoms with Crippen LogP contribution in [0.3, 0.4) is 0 Å². The Bertz CT molecular complexity index is 1440. The van der Waals surface area contributed by atoms with E-state index >= 15 is 4.39 Å². The van der Waals surface area contributed by atoms with E-state index in [1.165, 1.54) is 13.3 Å².